The first kappa shape index (κ1) is 22.6. The first-order chi connectivity index (χ1) is 12.3. The van der Waals surface area contributed by atoms with Crippen LogP contribution in [0.25, 0.3) is 0 Å². The van der Waals surface area contributed by atoms with Gasteiger partial charge in [0.25, 0.3) is 5.91 Å². The first-order valence-corrected chi connectivity index (χ1v) is 8.36. The number of benzene rings is 1. The molecule has 1 aliphatic rings. The van der Waals surface area contributed by atoms with E-state index in [4.69, 9.17) is 4.74 Å². The second-order valence-electron chi connectivity index (χ2n) is 6.30. The van der Waals surface area contributed by atoms with Gasteiger partial charge in [-0.25, -0.2) is 4.79 Å². The number of nitrogens with zero attached hydrogens (tertiary/aromatic N) is 2. The first-order valence-electron chi connectivity index (χ1n) is 8.36. The molecule has 1 atom stereocenters. The fourth-order valence-electron chi connectivity index (χ4n) is 2.84. The number of halogens is 1. The van der Waals surface area contributed by atoms with Crippen LogP contribution in [0.1, 0.15) is 18.9 Å². The molecule has 0 bridgehead atoms. The molecule has 1 fully saturated rings. The summed E-state index contributed by atoms with van der Waals surface area (Å²) in [5, 5.41) is 2.19. The molecule has 1 aromatic rings. The highest BCUT2D eigenvalue weighted by atomic mass is 35.5. The summed E-state index contributed by atoms with van der Waals surface area (Å²) < 4.78 is 5.05. The number of esters is 1. The second-order valence-corrected chi connectivity index (χ2v) is 6.30. The highest BCUT2D eigenvalue weighted by molar-refractivity contribution is 6.23. The molecule has 0 aliphatic carbocycles. The number of hydrogen-bond acceptors (Lipinski definition) is 6. The third-order valence-corrected chi connectivity index (χ3v) is 4.35. The summed E-state index contributed by atoms with van der Waals surface area (Å²) in [6.45, 7) is 1.81. The Hall–Kier alpha value is -2.45. The summed E-state index contributed by atoms with van der Waals surface area (Å²) in [6.07, 6.45) is 0.154. The third kappa shape index (κ3) is 4.64. The van der Waals surface area contributed by atoms with Crippen molar-refractivity contribution in [2.75, 3.05) is 33.8 Å². The normalized spacial score (nSPS) is 19.6. The Morgan fingerprint density at radius 3 is 2.37 bits per heavy atom. The van der Waals surface area contributed by atoms with Crippen molar-refractivity contribution >= 4 is 36.2 Å². The number of carbonyl (C=O) groups is 4. The minimum absolute atomic E-state index is 0. The lowest BCUT2D eigenvalue weighted by Gasteiger charge is -2.38. The Morgan fingerprint density at radius 1 is 1.19 bits per heavy atom. The number of nitrogens with one attached hydrogen (secondary N) is 1. The number of imide groups is 2. The quantitative estimate of drug-likeness (QED) is 0.543. The second kappa shape index (κ2) is 9.48. The van der Waals surface area contributed by atoms with Crippen LogP contribution in [0, 0.1) is 0 Å². The van der Waals surface area contributed by atoms with E-state index in [0.717, 1.165) is 4.90 Å². The molecule has 2 rings (SSSR count). The van der Waals surface area contributed by atoms with E-state index in [1.165, 1.54) is 0 Å². The van der Waals surface area contributed by atoms with Gasteiger partial charge in [-0.1, -0.05) is 37.3 Å². The molecule has 4 amide bonds. The standard InChI is InChI=1S/C18H23N3O5.ClH/c1-4-18(13-8-6-5-7-9-13)15(23)19-17(25)21(16(18)24)12-14(22)26-11-10-20(2)3;/h5-9H,4,10-12H2,1-3H3,(H,19,23,25);1H. The van der Waals surface area contributed by atoms with Crippen molar-refractivity contribution < 1.29 is 23.9 Å². The lowest BCUT2D eigenvalue weighted by Crippen LogP contribution is -2.66. The molecule has 8 nitrogen and oxygen atoms in total. The van der Waals surface area contributed by atoms with Gasteiger partial charge in [0.1, 0.15) is 13.2 Å². The van der Waals surface area contributed by atoms with Gasteiger partial charge < -0.3 is 9.64 Å². The molecule has 1 aliphatic heterocycles. The minimum atomic E-state index is -1.54. The molecule has 0 spiro atoms. The number of hydrogen-bond donors (Lipinski definition) is 1. The topological polar surface area (TPSA) is 96.0 Å². The molecule has 1 saturated heterocycles. The zero-order valence-corrected chi connectivity index (χ0v) is 16.4. The number of ether oxygens (including phenoxy) is 1. The third-order valence-electron chi connectivity index (χ3n) is 4.35. The van der Waals surface area contributed by atoms with Crippen molar-refractivity contribution in [3.8, 4) is 0 Å². The van der Waals surface area contributed by atoms with Crippen molar-refractivity contribution in [2.24, 2.45) is 0 Å². The predicted octanol–water partition coefficient (Wildman–Crippen LogP) is 0.939. The summed E-state index contributed by atoms with van der Waals surface area (Å²) in [7, 11) is 3.66. The van der Waals surface area contributed by atoms with Gasteiger partial charge >= 0.3 is 12.0 Å². The zero-order valence-electron chi connectivity index (χ0n) is 15.6. The van der Waals surface area contributed by atoms with Crippen LogP contribution in [-0.4, -0.2) is 67.4 Å². The smallest absolute Gasteiger partial charge is 0.331 e. The van der Waals surface area contributed by atoms with Crippen molar-refractivity contribution in [3.63, 3.8) is 0 Å². The van der Waals surface area contributed by atoms with E-state index in [2.05, 4.69) is 5.32 Å². The highest BCUT2D eigenvalue weighted by Crippen LogP contribution is 2.33. The Labute approximate surface area is 164 Å². The summed E-state index contributed by atoms with van der Waals surface area (Å²) >= 11 is 0. The van der Waals surface area contributed by atoms with E-state index < -0.39 is 35.8 Å². The highest BCUT2D eigenvalue weighted by Gasteiger charge is 2.54. The van der Waals surface area contributed by atoms with E-state index in [0.29, 0.717) is 12.1 Å². The van der Waals surface area contributed by atoms with E-state index >= 15 is 0 Å². The van der Waals surface area contributed by atoms with E-state index in [1.807, 2.05) is 19.0 Å². The molecular weight excluding hydrogens is 374 g/mol. The molecule has 9 heteroatoms. The maximum Gasteiger partial charge on any atom is 0.331 e. The average Bonchev–Trinajstić information content (AvgIpc) is 2.60. The average molecular weight is 398 g/mol. The molecule has 0 radical (unpaired) electrons. The number of urea groups is 1. The summed E-state index contributed by atoms with van der Waals surface area (Å²) in [4.78, 5) is 52.3. The molecule has 27 heavy (non-hydrogen) atoms. The van der Waals surface area contributed by atoms with Crippen LogP contribution in [0.15, 0.2) is 30.3 Å². The van der Waals surface area contributed by atoms with Crippen molar-refractivity contribution in [3.05, 3.63) is 35.9 Å². The van der Waals surface area contributed by atoms with Crippen LogP contribution in [0.5, 0.6) is 0 Å². The lowest BCUT2D eigenvalue weighted by atomic mass is 9.75. The minimum Gasteiger partial charge on any atom is -0.463 e. The Balaban J connectivity index is 0.00000364. The fourth-order valence-corrected chi connectivity index (χ4v) is 2.84. The molecule has 1 aromatic carbocycles. The van der Waals surface area contributed by atoms with Gasteiger partial charge in [-0.05, 0) is 26.1 Å². The summed E-state index contributed by atoms with van der Waals surface area (Å²) in [5.41, 5.74) is -1.07. The maximum atomic E-state index is 13.0. The molecule has 0 saturated carbocycles. The van der Waals surface area contributed by atoms with Crippen LogP contribution in [0.3, 0.4) is 0 Å². The van der Waals surface area contributed by atoms with E-state index in [1.54, 1.807) is 37.3 Å². The van der Waals surface area contributed by atoms with Gasteiger partial charge in [-0.2, -0.15) is 0 Å². The fraction of sp³-hybridized carbons (Fsp3) is 0.444. The number of amides is 4. The Morgan fingerprint density at radius 2 is 1.81 bits per heavy atom. The van der Waals surface area contributed by atoms with E-state index in [-0.39, 0.29) is 25.4 Å². The van der Waals surface area contributed by atoms with Gasteiger partial charge in [0.15, 0.2) is 5.41 Å². The number of likely N-dealkylation sites (N-methyl/N-ethyl adjacent to an activating group) is 1. The van der Waals surface area contributed by atoms with Crippen molar-refractivity contribution in [1.29, 1.82) is 0 Å². The largest absolute Gasteiger partial charge is 0.463 e. The monoisotopic (exact) mass is 397 g/mol. The SMILES string of the molecule is CCC1(c2ccccc2)C(=O)NC(=O)N(CC(=O)OCCN(C)C)C1=O.Cl. The van der Waals surface area contributed by atoms with Crippen LogP contribution in [0.4, 0.5) is 4.79 Å². The predicted molar refractivity (Wildman–Crippen MR) is 100 cm³/mol. The summed E-state index contributed by atoms with van der Waals surface area (Å²) in [6, 6.07) is 7.59. The van der Waals surface area contributed by atoms with Gasteiger partial charge in [0.05, 0.1) is 0 Å². The van der Waals surface area contributed by atoms with Gasteiger partial charge in [0, 0.05) is 6.54 Å². The number of rotatable bonds is 7. The Bertz CT molecular complexity index is 710. The van der Waals surface area contributed by atoms with Crippen LogP contribution in [0.2, 0.25) is 0 Å². The molecule has 1 heterocycles. The molecule has 1 N–H and O–H groups in total. The maximum absolute atomic E-state index is 13.0. The summed E-state index contributed by atoms with van der Waals surface area (Å²) in [5.74, 6) is -2.11. The molecule has 148 valence electrons. The van der Waals surface area contributed by atoms with Crippen LogP contribution < -0.4 is 5.32 Å². The number of carbonyl (C=O) groups excluding carboxylic acids is 4. The molecular formula is C18H24ClN3O5. The number of barbiturate groups is 1. The van der Waals surface area contributed by atoms with E-state index in [9.17, 15) is 19.2 Å². The Kier molecular flexibility index (Phi) is 7.93. The van der Waals surface area contributed by atoms with Crippen LogP contribution >= 0.6 is 12.4 Å². The van der Waals surface area contributed by atoms with Crippen LogP contribution in [-0.2, 0) is 24.5 Å². The van der Waals surface area contributed by atoms with Gasteiger partial charge in [0.2, 0.25) is 5.91 Å². The molecule has 1 unspecified atom stereocenters. The van der Waals surface area contributed by atoms with Crippen molar-refractivity contribution in [1.82, 2.24) is 15.1 Å². The lowest BCUT2D eigenvalue weighted by molar-refractivity contribution is -0.153. The zero-order chi connectivity index (χ0) is 19.3. The molecule has 0 aromatic heterocycles. The van der Waals surface area contributed by atoms with Gasteiger partial charge in [-0.15, -0.1) is 12.4 Å². The van der Waals surface area contributed by atoms with Gasteiger partial charge in [-0.3, -0.25) is 24.6 Å². The van der Waals surface area contributed by atoms with Crippen molar-refractivity contribution in [2.45, 2.75) is 18.8 Å².